The molecule has 2 heterocycles. The average molecular weight is 318 g/mol. The summed E-state index contributed by atoms with van der Waals surface area (Å²) in [6, 6.07) is 5.01. The van der Waals surface area contributed by atoms with Crippen molar-refractivity contribution in [3.63, 3.8) is 0 Å². The third-order valence-electron chi connectivity index (χ3n) is 3.11. The molecule has 0 fully saturated rings. The van der Waals surface area contributed by atoms with Gasteiger partial charge in [0.15, 0.2) is 12.4 Å². The van der Waals surface area contributed by atoms with Crippen LogP contribution >= 0.6 is 11.8 Å². The standard InChI is InChI=1S/C14H14N4O3S/c1-2-12-16-14(18-17-12)22-7-10(19)8-3-4-11-9(5-8)15-13(20)6-21-11/h3-5H,2,6-7H2,1H3,(H,15,20)(H,16,17,18). The second-order valence-corrected chi connectivity index (χ2v) is 5.62. The molecule has 0 unspecified atom stereocenters. The minimum Gasteiger partial charge on any atom is -0.482 e. The second kappa shape index (κ2) is 6.18. The van der Waals surface area contributed by atoms with Crippen LogP contribution in [0.2, 0.25) is 0 Å². The fourth-order valence-corrected chi connectivity index (χ4v) is 2.68. The molecule has 1 amide bonds. The molecule has 0 saturated carbocycles. The van der Waals surface area contributed by atoms with Crippen molar-refractivity contribution in [3.8, 4) is 5.75 Å². The summed E-state index contributed by atoms with van der Waals surface area (Å²) in [6.07, 6.45) is 0.770. The van der Waals surface area contributed by atoms with Crippen LogP contribution in [-0.2, 0) is 11.2 Å². The van der Waals surface area contributed by atoms with Crippen molar-refractivity contribution in [1.82, 2.24) is 15.2 Å². The number of Topliss-reactive ketones (excluding diaryl/α,β-unsaturated/α-hetero) is 1. The number of hydrogen-bond donors (Lipinski definition) is 2. The number of carbonyl (C=O) groups is 2. The van der Waals surface area contributed by atoms with E-state index in [1.165, 1.54) is 11.8 Å². The largest absolute Gasteiger partial charge is 0.482 e. The van der Waals surface area contributed by atoms with Crippen LogP contribution in [0.3, 0.4) is 0 Å². The van der Waals surface area contributed by atoms with Gasteiger partial charge in [-0.2, -0.15) is 0 Å². The zero-order chi connectivity index (χ0) is 15.5. The Bertz CT molecular complexity index is 729. The lowest BCUT2D eigenvalue weighted by atomic mass is 10.1. The number of thioether (sulfide) groups is 1. The highest BCUT2D eigenvalue weighted by Crippen LogP contribution is 2.29. The van der Waals surface area contributed by atoms with E-state index in [-0.39, 0.29) is 24.1 Å². The lowest BCUT2D eigenvalue weighted by Crippen LogP contribution is -2.25. The molecule has 0 spiro atoms. The first-order valence-electron chi connectivity index (χ1n) is 6.79. The smallest absolute Gasteiger partial charge is 0.262 e. The lowest BCUT2D eigenvalue weighted by Gasteiger charge is -2.18. The van der Waals surface area contributed by atoms with Crippen molar-refractivity contribution in [2.24, 2.45) is 0 Å². The summed E-state index contributed by atoms with van der Waals surface area (Å²) < 4.78 is 5.26. The summed E-state index contributed by atoms with van der Waals surface area (Å²) in [5.41, 5.74) is 1.04. The maximum atomic E-state index is 12.2. The molecule has 1 aromatic heterocycles. The molecule has 7 nitrogen and oxygen atoms in total. The summed E-state index contributed by atoms with van der Waals surface area (Å²) in [7, 11) is 0. The molecular formula is C14H14N4O3S. The number of H-pyrrole nitrogens is 1. The van der Waals surface area contributed by atoms with Gasteiger partial charge in [0.05, 0.1) is 11.4 Å². The van der Waals surface area contributed by atoms with Gasteiger partial charge in [0, 0.05) is 12.0 Å². The maximum absolute atomic E-state index is 12.2. The lowest BCUT2D eigenvalue weighted by molar-refractivity contribution is -0.118. The fourth-order valence-electron chi connectivity index (χ4n) is 1.97. The molecule has 22 heavy (non-hydrogen) atoms. The fraction of sp³-hybridized carbons (Fsp3) is 0.286. The Morgan fingerprint density at radius 2 is 2.32 bits per heavy atom. The van der Waals surface area contributed by atoms with E-state index in [2.05, 4.69) is 20.5 Å². The third-order valence-corrected chi connectivity index (χ3v) is 3.96. The number of amides is 1. The zero-order valence-corrected chi connectivity index (χ0v) is 12.7. The van der Waals surface area contributed by atoms with Crippen LogP contribution in [0.25, 0.3) is 0 Å². The molecule has 2 N–H and O–H groups in total. The Morgan fingerprint density at radius 3 is 3.09 bits per heavy atom. The quantitative estimate of drug-likeness (QED) is 0.643. The molecular weight excluding hydrogens is 304 g/mol. The predicted molar refractivity (Wildman–Crippen MR) is 81.4 cm³/mol. The van der Waals surface area contributed by atoms with Gasteiger partial charge < -0.3 is 10.1 Å². The van der Waals surface area contributed by atoms with E-state index in [9.17, 15) is 9.59 Å². The van der Waals surface area contributed by atoms with E-state index in [0.717, 1.165) is 12.2 Å². The van der Waals surface area contributed by atoms with E-state index >= 15 is 0 Å². The molecule has 1 aromatic carbocycles. The molecule has 3 rings (SSSR count). The van der Waals surface area contributed by atoms with Crippen molar-refractivity contribution < 1.29 is 14.3 Å². The number of benzene rings is 1. The van der Waals surface area contributed by atoms with Crippen molar-refractivity contribution in [1.29, 1.82) is 0 Å². The first-order chi connectivity index (χ1) is 10.7. The molecule has 8 heteroatoms. The normalized spacial score (nSPS) is 13.2. The molecule has 1 aliphatic rings. The number of nitrogens with zero attached hydrogens (tertiary/aromatic N) is 2. The highest BCUT2D eigenvalue weighted by Gasteiger charge is 2.18. The number of aryl methyl sites for hydroxylation is 1. The first kappa shape index (κ1) is 14.6. The third kappa shape index (κ3) is 3.11. The predicted octanol–water partition coefficient (Wildman–Crippen LogP) is 1.67. The SMILES string of the molecule is CCc1nc(SCC(=O)c2ccc3c(c2)NC(=O)CO3)n[nH]1. The molecule has 0 saturated heterocycles. The van der Waals surface area contributed by atoms with Crippen molar-refractivity contribution in [2.45, 2.75) is 18.5 Å². The number of aromatic nitrogens is 3. The average Bonchev–Trinajstić information content (AvgIpc) is 3.00. The minimum atomic E-state index is -0.223. The number of ketones is 1. The van der Waals surface area contributed by atoms with Gasteiger partial charge in [0.2, 0.25) is 5.16 Å². The van der Waals surface area contributed by atoms with Crippen molar-refractivity contribution >= 4 is 29.1 Å². The van der Waals surface area contributed by atoms with Gasteiger partial charge in [0.25, 0.3) is 5.91 Å². The van der Waals surface area contributed by atoms with Gasteiger partial charge in [0.1, 0.15) is 11.6 Å². The Kier molecular flexibility index (Phi) is 4.10. The Hall–Kier alpha value is -2.35. The number of hydrogen-bond acceptors (Lipinski definition) is 6. The van der Waals surface area contributed by atoms with Crippen LogP contribution in [0.4, 0.5) is 5.69 Å². The van der Waals surface area contributed by atoms with Crippen LogP contribution in [0.1, 0.15) is 23.1 Å². The van der Waals surface area contributed by atoms with Crippen LogP contribution in [0.15, 0.2) is 23.4 Å². The van der Waals surface area contributed by atoms with Crippen LogP contribution < -0.4 is 10.1 Å². The molecule has 1 aliphatic heterocycles. The molecule has 0 bridgehead atoms. The monoisotopic (exact) mass is 318 g/mol. The molecule has 2 aromatic rings. The van der Waals surface area contributed by atoms with Gasteiger partial charge in [-0.25, -0.2) is 4.98 Å². The van der Waals surface area contributed by atoms with E-state index < -0.39 is 0 Å². The van der Waals surface area contributed by atoms with E-state index in [4.69, 9.17) is 4.74 Å². The second-order valence-electron chi connectivity index (χ2n) is 4.68. The van der Waals surface area contributed by atoms with Crippen LogP contribution in [0, 0.1) is 0 Å². The number of nitrogens with one attached hydrogen (secondary N) is 2. The van der Waals surface area contributed by atoms with Gasteiger partial charge in [-0.1, -0.05) is 18.7 Å². The topological polar surface area (TPSA) is 97.0 Å². The molecule has 114 valence electrons. The van der Waals surface area contributed by atoms with Gasteiger partial charge >= 0.3 is 0 Å². The maximum Gasteiger partial charge on any atom is 0.262 e. The Morgan fingerprint density at radius 1 is 1.45 bits per heavy atom. The van der Waals surface area contributed by atoms with Crippen molar-refractivity contribution in [2.75, 3.05) is 17.7 Å². The van der Waals surface area contributed by atoms with E-state index in [0.29, 0.717) is 22.2 Å². The molecule has 0 atom stereocenters. The molecule has 0 radical (unpaired) electrons. The van der Waals surface area contributed by atoms with Gasteiger partial charge in [-0.3, -0.25) is 14.7 Å². The summed E-state index contributed by atoms with van der Waals surface area (Å²) >= 11 is 1.28. The number of fused-ring (bicyclic) bond motifs is 1. The van der Waals surface area contributed by atoms with E-state index in [1.54, 1.807) is 18.2 Å². The summed E-state index contributed by atoms with van der Waals surface area (Å²) in [5, 5.41) is 10.1. The molecule has 0 aliphatic carbocycles. The van der Waals surface area contributed by atoms with Crippen LogP contribution in [0.5, 0.6) is 5.75 Å². The number of carbonyl (C=O) groups excluding carboxylic acids is 2. The number of ether oxygens (including phenoxy) is 1. The van der Waals surface area contributed by atoms with Gasteiger partial charge in [-0.05, 0) is 18.2 Å². The Balaban J connectivity index is 1.67. The number of anilines is 1. The summed E-state index contributed by atoms with van der Waals surface area (Å²) in [6.45, 7) is 1.98. The zero-order valence-electron chi connectivity index (χ0n) is 11.9. The van der Waals surface area contributed by atoms with Crippen molar-refractivity contribution in [3.05, 3.63) is 29.6 Å². The number of rotatable bonds is 5. The minimum absolute atomic E-state index is 0.000729. The highest BCUT2D eigenvalue weighted by atomic mass is 32.2. The summed E-state index contributed by atoms with van der Waals surface area (Å²) in [4.78, 5) is 27.8. The van der Waals surface area contributed by atoms with Gasteiger partial charge in [-0.15, -0.1) is 5.10 Å². The van der Waals surface area contributed by atoms with Crippen LogP contribution in [-0.4, -0.2) is 39.2 Å². The Labute approximate surface area is 130 Å². The first-order valence-corrected chi connectivity index (χ1v) is 7.78. The van der Waals surface area contributed by atoms with E-state index in [1.807, 2.05) is 6.92 Å². The summed E-state index contributed by atoms with van der Waals surface area (Å²) in [5.74, 6) is 1.32. The number of aromatic amines is 1. The highest BCUT2D eigenvalue weighted by molar-refractivity contribution is 7.99.